The number of rotatable bonds is 5. The zero-order valence-corrected chi connectivity index (χ0v) is 13.0. The predicted octanol–water partition coefficient (Wildman–Crippen LogP) is 1.75. The molecule has 0 spiro atoms. The summed E-state index contributed by atoms with van der Waals surface area (Å²) in [6, 6.07) is 7.74. The van der Waals surface area contributed by atoms with Crippen LogP contribution < -0.4 is 0 Å². The maximum Gasteiger partial charge on any atom is 0.416 e. The van der Waals surface area contributed by atoms with Gasteiger partial charge in [0.1, 0.15) is 6.61 Å². The summed E-state index contributed by atoms with van der Waals surface area (Å²) in [7, 11) is 0. The summed E-state index contributed by atoms with van der Waals surface area (Å²) in [6.45, 7) is -0.0785. The molecule has 7 nitrogen and oxygen atoms in total. The Labute approximate surface area is 135 Å². The molecule has 1 aromatic carbocycles. The SMILES string of the molecule is O=C(CCc1nc2ccccc2s1)OCC(=O)N1CCOC1=O. The van der Waals surface area contributed by atoms with E-state index in [0.717, 1.165) is 20.1 Å². The Kier molecular flexibility index (Phi) is 4.52. The summed E-state index contributed by atoms with van der Waals surface area (Å²) in [6.07, 6.45) is -0.101. The van der Waals surface area contributed by atoms with E-state index in [0.29, 0.717) is 6.42 Å². The summed E-state index contributed by atoms with van der Waals surface area (Å²) >= 11 is 1.53. The molecule has 0 bridgehead atoms. The van der Waals surface area contributed by atoms with Crippen LogP contribution in [-0.4, -0.2) is 47.6 Å². The number of para-hydroxylation sites is 1. The van der Waals surface area contributed by atoms with Gasteiger partial charge in [-0.05, 0) is 12.1 Å². The van der Waals surface area contributed by atoms with Gasteiger partial charge in [-0.2, -0.15) is 0 Å². The van der Waals surface area contributed by atoms with Crippen LogP contribution in [0.5, 0.6) is 0 Å². The highest BCUT2D eigenvalue weighted by Gasteiger charge is 2.28. The first-order chi connectivity index (χ1) is 11.1. The number of hydrogen-bond acceptors (Lipinski definition) is 7. The van der Waals surface area contributed by atoms with E-state index in [1.807, 2.05) is 24.3 Å². The molecule has 1 saturated heterocycles. The zero-order chi connectivity index (χ0) is 16.2. The van der Waals surface area contributed by atoms with Crippen LogP contribution in [0.15, 0.2) is 24.3 Å². The van der Waals surface area contributed by atoms with Crippen molar-refractivity contribution in [2.24, 2.45) is 0 Å². The van der Waals surface area contributed by atoms with Gasteiger partial charge in [-0.15, -0.1) is 11.3 Å². The van der Waals surface area contributed by atoms with Crippen LogP contribution in [-0.2, 0) is 25.5 Å². The highest BCUT2D eigenvalue weighted by atomic mass is 32.1. The third-order valence-corrected chi connectivity index (χ3v) is 4.40. The molecular formula is C15H14N2O5S. The van der Waals surface area contributed by atoms with Crippen molar-refractivity contribution in [3.63, 3.8) is 0 Å². The van der Waals surface area contributed by atoms with Crippen molar-refractivity contribution in [2.75, 3.05) is 19.8 Å². The fraction of sp³-hybridized carbons (Fsp3) is 0.333. The fourth-order valence-electron chi connectivity index (χ4n) is 2.15. The summed E-state index contributed by atoms with van der Waals surface area (Å²) in [4.78, 5) is 39.9. The molecular weight excluding hydrogens is 320 g/mol. The molecule has 120 valence electrons. The number of amides is 2. The largest absolute Gasteiger partial charge is 0.456 e. The predicted molar refractivity (Wildman–Crippen MR) is 82.0 cm³/mol. The Morgan fingerprint density at radius 3 is 2.91 bits per heavy atom. The minimum atomic E-state index is -0.694. The van der Waals surface area contributed by atoms with Gasteiger partial charge in [0, 0.05) is 6.42 Å². The molecule has 3 rings (SSSR count). The lowest BCUT2D eigenvalue weighted by molar-refractivity contribution is -0.150. The van der Waals surface area contributed by atoms with E-state index in [-0.39, 0.29) is 19.6 Å². The van der Waals surface area contributed by atoms with Crippen molar-refractivity contribution < 1.29 is 23.9 Å². The minimum Gasteiger partial charge on any atom is -0.456 e. The van der Waals surface area contributed by atoms with Crippen molar-refractivity contribution in [2.45, 2.75) is 12.8 Å². The van der Waals surface area contributed by atoms with Crippen LogP contribution in [0.4, 0.5) is 4.79 Å². The molecule has 2 aromatic rings. The number of fused-ring (bicyclic) bond motifs is 1. The maximum absolute atomic E-state index is 11.7. The third kappa shape index (κ3) is 3.65. The standard InChI is InChI=1S/C15H14N2O5S/c18-13(17-7-8-21-15(17)20)9-22-14(19)6-5-12-16-10-3-1-2-4-11(10)23-12/h1-4H,5-9H2. The molecule has 1 aliphatic rings. The number of thiazole rings is 1. The van der Waals surface area contributed by atoms with E-state index in [2.05, 4.69) is 9.72 Å². The van der Waals surface area contributed by atoms with Gasteiger partial charge < -0.3 is 9.47 Å². The van der Waals surface area contributed by atoms with E-state index in [4.69, 9.17) is 4.74 Å². The molecule has 1 aromatic heterocycles. The summed E-state index contributed by atoms with van der Waals surface area (Å²) < 4.78 is 10.6. The first kappa shape index (κ1) is 15.4. The molecule has 0 aliphatic carbocycles. The highest BCUT2D eigenvalue weighted by molar-refractivity contribution is 7.18. The van der Waals surface area contributed by atoms with Crippen LogP contribution in [0.25, 0.3) is 10.2 Å². The molecule has 2 amide bonds. The number of hydrogen-bond donors (Lipinski definition) is 0. The van der Waals surface area contributed by atoms with Gasteiger partial charge in [0.05, 0.1) is 28.2 Å². The number of carbonyl (C=O) groups is 3. The summed E-state index contributed by atoms with van der Waals surface area (Å²) in [5.41, 5.74) is 0.906. The Morgan fingerprint density at radius 1 is 1.35 bits per heavy atom. The van der Waals surface area contributed by atoms with Gasteiger partial charge in [0.15, 0.2) is 6.61 Å². The summed E-state index contributed by atoms with van der Waals surface area (Å²) in [5.74, 6) is -1.06. The van der Waals surface area contributed by atoms with Crippen molar-refractivity contribution in [3.8, 4) is 0 Å². The van der Waals surface area contributed by atoms with Gasteiger partial charge in [-0.1, -0.05) is 12.1 Å². The number of imide groups is 1. The van der Waals surface area contributed by atoms with Gasteiger partial charge in [0.2, 0.25) is 0 Å². The number of benzene rings is 1. The minimum absolute atomic E-state index is 0.136. The Morgan fingerprint density at radius 2 is 2.17 bits per heavy atom. The molecule has 0 unspecified atom stereocenters. The van der Waals surface area contributed by atoms with Gasteiger partial charge in [-0.25, -0.2) is 14.7 Å². The lowest BCUT2D eigenvalue weighted by Gasteiger charge is -2.10. The van der Waals surface area contributed by atoms with Crippen LogP contribution in [0.3, 0.4) is 0 Å². The second-order valence-electron chi connectivity index (χ2n) is 4.90. The highest BCUT2D eigenvalue weighted by Crippen LogP contribution is 2.22. The van der Waals surface area contributed by atoms with Crippen molar-refractivity contribution in [3.05, 3.63) is 29.3 Å². The lowest BCUT2D eigenvalue weighted by atomic mass is 10.3. The molecule has 0 atom stereocenters. The first-order valence-electron chi connectivity index (χ1n) is 7.10. The fourth-order valence-corrected chi connectivity index (χ4v) is 3.11. The molecule has 1 aliphatic heterocycles. The Hall–Kier alpha value is -2.48. The van der Waals surface area contributed by atoms with E-state index in [9.17, 15) is 14.4 Å². The Bertz CT molecular complexity index is 724. The van der Waals surface area contributed by atoms with Crippen LogP contribution in [0.1, 0.15) is 11.4 Å². The normalized spacial score (nSPS) is 14.1. The van der Waals surface area contributed by atoms with Gasteiger partial charge in [-0.3, -0.25) is 9.59 Å². The topological polar surface area (TPSA) is 85.8 Å². The molecule has 1 fully saturated rings. The average Bonchev–Trinajstić information content (AvgIpc) is 3.16. The molecule has 0 N–H and O–H groups in total. The number of aryl methyl sites for hydroxylation is 1. The molecule has 2 heterocycles. The molecule has 0 radical (unpaired) electrons. The number of esters is 1. The summed E-state index contributed by atoms with van der Waals surface area (Å²) in [5, 5.41) is 0.845. The average molecular weight is 334 g/mol. The molecule has 8 heteroatoms. The number of cyclic esters (lactones) is 1. The number of nitrogens with zero attached hydrogens (tertiary/aromatic N) is 2. The van der Waals surface area contributed by atoms with Crippen LogP contribution >= 0.6 is 11.3 Å². The number of ether oxygens (including phenoxy) is 2. The lowest BCUT2D eigenvalue weighted by Crippen LogP contribution is -2.35. The number of aromatic nitrogens is 1. The van der Waals surface area contributed by atoms with Gasteiger partial charge >= 0.3 is 12.1 Å². The van der Waals surface area contributed by atoms with Crippen molar-refractivity contribution in [1.29, 1.82) is 0 Å². The van der Waals surface area contributed by atoms with E-state index in [1.54, 1.807) is 0 Å². The Balaban J connectivity index is 1.46. The van der Waals surface area contributed by atoms with E-state index in [1.165, 1.54) is 11.3 Å². The van der Waals surface area contributed by atoms with Crippen LogP contribution in [0, 0.1) is 0 Å². The van der Waals surface area contributed by atoms with E-state index >= 15 is 0 Å². The van der Waals surface area contributed by atoms with Crippen molar-refractivity contribution in [1.82, 2.24) is 9.88 Å². The first-order valence-corrected chi connectivity index (χ1v) is 7.92. The smallest absolute Gasteiger partial charge is 0.416 e. The quantitative estimate of drug-likeness (QED) is 0.774. The van der Waals surface area contributed by atoms with Crippen LogP contribution in [0.2, 0.25) is 0 Å². The monoisotopic (exact) mass is 334 g/mol. The van der Waals surface area contributed by atoms with E-state index < -0.39 is 24.6 Å². The second-order valence-corrected chi connectivity index (χ2v) is 6.01. The maximum atomic E-state index is 11.7. The third-order valence-electron chi connectivity index (χ3n) is 3.30. The van der Waals surface area contributed by atoms with Crippen molar-refractivity contribution >= 4 is 39.5 Å². The number of carbonyl (C=O) groups excluding carboxylic acids is 3. The molecule has 23 heavy (non-hydrogen) atoms. The molecule has 0 saturated carbocycles. The second kappa shape index (κ2) is 6.74. The van der Waals surface area contributed by atoms with Gasteiger partial charge in [0.25, 0.3) is 5.91 Å². The zero-order valence-electron chi connectivity index (χ0n) is 12.2.